The molecule has 0 bridgehead atoms. The van der Waals surface area contributed by atoms with Gasteiger partial charge in [0.05, 0.1) is 0 Å². The summed E-state index contributed by atoms with van der Waals surface area (Å²) in [6, 6.07) is 6.98. The first-order chi connectivity index (χ1) is 7.13. The van der Waals surface area contributed by atoms with Crippen LogP contribution in [0.2, 0.25) is 0 Å². The van der Waals surface area contributed by atoms with E-state index >= 15 is 0 Å². The normalized spacial score (nSPS) is 14.3. The Morgan fingerprint density at radius 1 is 1.33 bits per heavy atom. The van der Waals surface area contributed by atoms with Crippen LogP contribution in [0, 0.1) is 18.2 Å². The largest absolute Gasteiger partial charge is 0.307 e. The molecule has 0 fully saturated rings. The first kappa shape index (κ1) is 11.7. The Bertz CT molecular complexity index is 337. The molecule has 0 amide bonds. The van der Waals surface area contributed by atoms with Gasteiger partial charge in [-0.1, -0.05) is 12.1 Å². The molecule has 1 aromatic carbocycles. The van der Waals surface area contributed by atoms with Gasteiger partial charge in [0.2, 0.25) is 0 Å². The van der Waals surface area contributed by atoms with E-state index in [1.165, 1.54) is 12.1 Å². The second-order valence-electron chi connectivity index (χ2n) is 3.75. The lowest BCUT2D eigenvalue weighted by Crippen LogP contribution is -2.28. The van der Waals surface area contributed by atoms with Gasteiger partial charge in [0.15, 0.2) is 0 Å². The molecule has 1 rings (SSSR count). The molecule has 0 heterocycles. The minimum absolute atomic E-state index is 0.189. The summed E-state index contributed by atoms with van der Waals surface area (Å²) in [6.45, 7) is 4.08. The zero-order valence-corrected chi connectivity index (χ0v) is 9.13. The topological polar surface area (TPSA) is 12.0 Å². The monoisotopic (exact) mass is 205 g/mol. The van der Waals surface area contributed by atoms with Gasteiger partial charge >= 0.3 is 0 Å². The third-order valence-corrected chi connectivity index (χ3v) is 2.33. The molecular weight excluding hydrogens is 189 g/mol. The molecule has 0 aliphatic carbocycles. The van der Waals surface area contributed by atoms with Crippen molar-refractivity contribution in [1.29, 1.82) is 0 Å². The Morgan fingerprint density at radius 2 is 1.93 bits per heavy atom. The first-order valence-electron chi connectivity index (χ1n) is 5.08. The minimum atomic E-state index is -0.206. The van der Waals surface area contributed by atoms with Crippen LogP contribution in [0.3, 0.4) is 0 Å². The molecule has 1 nitrogen and oxygen atoms in total. The number of halogens is 1. The smallest absolute Gasteiger partial charge is 0.123 e. The van der Waals surface area contributed by atoms with Crippen molar-refractivity contribution in [3.63, 3.8) is 0 Å². The molecule has 0 aliphatic heterocycles. The zero-order chi connectivity index (χ0) is 11.3. The fourth-order valence-electron chi connectivity index (χ4n) is 1.51. The van der Waals surface area contributed by atoms with E-state index < -0.39 is 0 Å². The molecule has 0 saturated heterocycles. The Balaban J connectivity index is 2.57. The van der Waals surface area contributed by atoms with E-state index in [0.29, 0.717) is 6.42 Å². The molecule has 80 valence electrons. The molecule has 2 unspecified atom stereocenters. The van der Waals surface area contributed by atoms with Crippen molar-refractivity contribution in [2.75, 3.05) is 0 Å². The molecule has 0 saturated carbocycles. The Kier molecular flexibility index (Phi) is 4.33. The van der Waals surface area contributed by atoms with Gasteiger partial charge in [-0.15, -0.1) is 12.3 Å². The number of benzene rings is 1. The second kappa shape index (κ2) is 5.53. The van der Waals surface area contributed by atoms with Gasteiger partial charge in [0.25, 0.3) is 0 Å². The molecule has 0 aromatic heterocycles. The third-order valence-electron chi connectivity index (χ3n) is 2.33. The van der Waals surface area contributed by atoms with Gasteiger partial charge in [-0.25, -0.2) is 4.39 Å². The summed E-state index contributed by atoms with van der Waals surface area (Å²) in [5.41, 5.74) is 1.07. The maximum atomic E-state index is 12.7. The van der Waals surface area contributed by atoms with Crippen molar-refractivity contribution in [3.05, 3.63) is 35.6 Å². The molecule has 1 aromatic rings. The van der Waals surface area contributed by atoms with E-state index in [-0.39, 0.29) is 17.9 Å². The maximum Gasteiger partial charge on any atom is 0.123 e. The fourth-order valence-corrected chi connectivity index (χ4v) is 1.51. The third kappa shape index (κ3) is 3.73. The minimum Gasteiger partial charge on any atom is -0.307 e. The quantitative estimate of drug-likeness (QED) is 0.745. The fraction of sp³-hybridized carbons (Fsp3) is 0.385. The highest BCUT2D eigenvalue weighted by Crippen LogP contribution is 2.13. The van der Waals surface area contributed by atoms with Crippen LogP contribution >= 0.6 is 0 Å². The Hall–Kier alpha value is -1.33. The van der Waals surface area contributed by atoms with E-state index in [4.69, 9.17) is 6.42 Å². The molecular formula is C13H16FN. The number of terminal acetylenes is 1. The van der Waals surface area contributed by atoms with Crippen LogP contribution in [0.25, 0.3) is 0 Å². The van der Waals surface area contributed by atoms with E-state index in [1.807, 2.05) is 13.8 Å². The highest BCUT2D eigenvalue weighted by Gasteiger charge is 2.08. The average molecular weight is 205 g/mol. The molecule has 0 aliphatic rings. The van der Waals surface area contributed by atoms with E-state index in [0.717, 1.165) is 5.56 Å². The van der Waals surface area contributed by atoms with Crippen molar-refractivity contribution < 1.29 is 4.39 Å². The highest BCUT2D eigenvalue weighted by molar-refractivity contribution is 5.19. The Labute approximate surface area is 90.7 Å². The lowest BCUT2D eigenvalue weighted by Gasteiger charge is -2.18. The average Bonchev–Trinajstić information content (AvgIpc) is 2.18. The zero-order valence-electron chi connectivity index (χ0n) is 9.13. The summed E-state index contributed by atoms with van der Waals surface area (Å²) < 4.78 is 12.7. The van der Waals surface area contributed by atoms with Crippen LogP contribution in [0.15, 0.2) is 24.3 Å². The molecule has 1 N–H and O–H groups in total. The lowest BCUT2D eigenvalue weighted by atomic mass is 10.1. The maximum absolute atomic E-state index is 12.7. The van der Waals surface area contributed by atoms with Crippen molar-refractivity contribution in [2.45, 2.75) is 32.4 Å². The van der Waals surface area contributed by atoms with Gasteiger partial charge in [0, 0.05) is 18.5 Å². The second-order valence-corrected chi connectivity index (χ2v) is 3.75. The number of hydrogen-bond donors (Lipinski definition) is 1. The summed E-state index contributed by atoms with van der Waals surface area (Å²) in [4.78, 5) is 0. The summed E-state index contributed by atoms with van der Waals surface area (Å²) >= 11 is 0. The number of hydrogen-bond acceptors (Lipinski definition) is 1. The predicted octanol–water partition coefficient (Wildman–Crippen LogP) is 2.89. The van der Waals surface area contributed by atoms with E-state index in [9.17, 15) is 4.39 Å². The number of rotatable bonds is 4. The van der Waals surface area contributed by atoms with Crippen molar-refractivity contribution in [1.82, 2.24) is 5.32 Å². The van der Waals surface area contributed by atoms with Gasteiger partial charge < -0.3 is 5.32 Å². The van der Waals surface area contributed by atoms with Crippen LogP contribution in [0.4, 0.5) is 4.39 Å². The first-order valence-corrected chi connectivity index (χ1v) is 5.08. The van der Waals surface area contributed by atoms with Crippen LogP contribution in [0.1, 0.15) is 31.9 Å². The SMILES string of the molecule is C#CCC(C)NC(C)c1ccc(F)cc1. The highest BCUT2D eigenvalue weighted by atomic mass is 19.1. The molecule has 0 radical (unpaired) electrons. The van der Waals surface area contributed by atoms with Crippen molar-refractivity contribution in [2.24, 2.45) is 0 Å². The van der Waals surface area contributed by atoms with Crippen molar-refractivity contribution in [3.8, 4) is 12.3 Å². The molecule has 15 heavy (non-hydrogen) atoms. The van der Waals surface area contributed by atoms with Gasteiger partial charge in [-0.05, 0) is 31.5 Å². The van der Waals surface area contributed by atoms with Crippen LogP contribution < -0.4 is 5.32 Å². The summed E-state index contributed by atoms with van der Waals surface area (Å²) in [5.74, 6) is 2.41. The van der Waals surface area contributed by atoms with E-state index in [1.54, 1.807) is 12.1 Å². The van der Waals surface area contributed by atoms with E-state index in [2.05, 4.69) is 11.2 Å². The predicted molar refractivity (Wildman–Crippen MR) is 60.9 cm³/mol. The molecule has 2 heteroatoms. The lowest BCUT2D eigenvalue weighted by molar-refractivity contribution is 0.485. The summed E-state index contributed by atoms with van der Waals surface area (Å²) in [5, 5.41) is 3.35. The summed E-state index contributed by atoms with van der Waals surface area (Å²) in [7, 11) is 0. The number of nitrogens with one attached hydrogen (secondary N) is 1. The van der Waals surface area contributed by atoms with Crippen LogP contribution in [-0.2, 0) is 0 Å². The molecule has 2 atom stereocenters. The summed E-state index contributed by atoms with van der Waals surface area (Å²) in [6.07, 6.45) is 5.92. The van der Waals surface area contributed by atoms with Crippen LogP contribution in [-0.4, -0.2) is 6.04 Å². The Morgan fingerprint density at radius 3 is 2.47 bits per heavy atom. The van der Waals surface area contributed by atoms with Crippen LogP contribution in [0.5, 0.6) is 0 Å². The standard InChI is InChI=1S/C13H16FN/c1-4-5-10(2)15-11(3)12-6-8-13(14)9-7-12/h1,6-11,15H,5H2,2-3H3. The van der Waals surface area contributed by atoms with Gasteiger partial charge in [-0.2, -0.15) is 0 Å². The van der Waals surface area contributed by atoms with Gasteiger partial charge in [-0.3, -0.25) is 0 Å². The van der Waals surface area contributed by atoms with Crippen molar-refractivity contribution >= 4 is 0 Å². The molecule has 0 spiro atoms. The van der Waals surface area contributed by atoms with Gasteiger partial charge in [0.1, 0.15) is 5.82 Å².